The van der Waals surface area contributed by atoms with Crippen LogP contribution in [0.3, 0.4) is 0 Å². The van der Waals surface area contributed by atoms with Crippen LogP contribution >= 0.6 is 0 Å². The van der Waals surface area contributed by atoms with Crippen LogP contribution in [0.15, 0.2) is 30.3 Å². The molecule has 0 bridgehead atoms. The molecule has 0 aromatic heterocycles. The number of methoxy groups -OCH3 is 1. The highest BCUT2D eigenvalue weighted by Crippen LogP contribution is 2.25. The van der Waals surface area contributed by atoms with Gasteiger partial charge in [0, 0.05) is 6.42 Å². The van der Waals surface area contributed by atoms with Crippen molar-refractivity contribution in [1.29, 1.82) is 0 Å². The molecule has 0 radical (unpaired) electrons. The van der Waals surface area contributed by atoms with Crippen LogP contribution in [-0.2, 0) is 25.5 Å². The lowest BCUT2D eigenvalue weighted by molar-refractivity contribution is -0.151. The van der Waals surface area contributed by atoms with E-state index in [2.05, 4.69) is 10.1 Å². The number of carbonyl (C=O) groups is 3. The molecular formula is C14H15NO4. The molecule has 2 rings (SSSR count). The fourth-order valence-electron chi connectivity index (χ4n) is 2.31. The number of esters is 1. The van der Waals surface area contributed by atoms with Crippen molar-refractivity contribution < 1.29 is 19.1 Å². The normalized spacial score (nSPS) is 26.1. The van der Waals surface area contributed by atoms with E-state index in [-0.39, 0.29) is 0 Å². The van der Waals surface area contributed by atoms with Gasteiger partial charge >= 0.3 is 5.97 Å². The highest BCUT2D eigenvalue weighted by molar-refractivity contribution is 6.24. The van der Waals surface area contributed by atoms with Gasteiger partial charge in [-0.25, -0.2) is 0 Å². The van der Waals surface area contributed by atoms with Crippen molar-refractivity contribution in [2.45, 2.75) is 18.9 Å². The Kier molecular flexibility index (Phi) is 3.38. The zero-order valence-corrected chi connectivity index (χ0v) is 10.8. The van der Waals surface area contributed by atoms with Gasteiger partial charge in [-0.1, -0.05) is 30.3 Å². The first-order valence-corrected chi connectivity index (χ1v) is 5.96. The second-order valence-electron chi connectivity index (χ2n) is 4.80. The number of Topliss-reactive ketones (excluding diaryl/α,β-unsaturated/α-hetero) is 1. The number of rotatable bonds is 3. The SMILES string of the molecule is COC(=O)C1C(=O)NC(C)(Cc2ccccc2)C1=O. The molecule has 1 aromatic carbocycles. The first-order valence-electron chi connectivity index (χ1n) is 5.96. The molecule has 2 atom stereocenters. The van der Waals surface area contributed by atoms with Gasteiger partial charge in [0.2, 0.25) is 5.91 Å². The predicted molar refractivity (Wildman–Crippen MR) is 67.2 cm³/mol. The van der Waals surface area contributed by atoms with Crippen molar-refractivity contribution >= 4 is 17.7 Å². The summed E-state index contributed by atoms with van der Waals surface area (Å²) in [6.45, 7) is 1.63. The van der Waals surface area contributed by atoms with Gasteiger partial charge in [-0.2, -0.15) is 0 Å². The Bertz CT molecular complexity index is 526. The molecule has 5 nitrogen and oxygen atoms in total. The van der Waals surface area contributed by atoms with E-state index in [1.165, 1.54) is 0 Å². The Morgan fingerprint density at radius 1 is 1.32 bits per heavy atom. The first-order chi connectivity index (χ1) is 8.98. The van der Waals surface area contributed by atoms with Crippen LogP contribution in [0.4, 0.5) is 0 Å². The lowest BCUT2D eigenvalue weighted by Crippen LogP contribution is -2.45. The van der Waals surface area contributed by atoms with Gasteiger partial charge in [0.1, 0.15) is 5.54 Å². The van der Waals surface area contributed by atoms with E-state index in [4.69, 9.17) is 0 Å². The predicted octanol–water partition coefficient (Wildman–Crippen LogP) is 0.476. The van der Waals surface area contributed by atoms with Crippen LogP contribution in [0.2, 0.25) is 0 Å². The average molecular weight is 261 g/mol. The van der Waals surface area contributed by atoms with E-state index in [0.29, 0.717) is 6.42 Å². The molecule has 1 amide bonds. The lowest BCUT2D eigenvalue weighted by atomic mass is 9.87. The number of hydrogen-bond acceptors (Lipinski definition) is 4. The summed E-state index contributed by atoms with van der Waals surface area (Å²) in [5.41, 5.74) is -0.138. The quantitative estimate of drug-likeness (QED) is 0.634. The molecule has 19 heavy (non-hydrogen) atoms. The largest absolute Gasteiger partial charge is 0.468 e. The lowest BCUT2D eigenvalue weighted by Gasteiger charge is -2.22. The molecule has 1 aliphatic rings. The van der Waals surface area contributed by atoms with Crippen molar-refractivity contribution in [2.24, 2.45) is 5.92 Å². The van der Waals surface area contributed by atoms with E-state index in [9.17, 15) is 14.4 Å². The number of ketones is 1. The summed E-state index contributed by atoms with van der Waals surface area (Å²) in [4.78, 5) is 35.5. The van der Waals surface area contributed by atoms with Crippen LogP contribution in [0.25, 0.3) is 0 Å². The highest BCUT2D eigenvalue weighted by atomic mass is 16.5. The molecule has 2 unspecified atom stereocenters. The number of nitrogens with one attached hydrogen (secondary N) is 1. The number of benzene rings is 1. The molecule has 0 saturated carbocycles. The fraction of sp³-hybridized carbons (Fsp3) is 0.357. The van der Waals surface area contributed by atoms with Crippen LogP contribution in [0.1, 0.15) is 12.5 Å². The minimum Gasteiger partial charge on any atom is -0.468 e. The highest BCUT2D eigenvalue weighted by Gasteiger charge is 2.53. The van der Waals surface area contributed by atoms with Gasteiger partial charge < -0.3 is 10.1 Å². The summed E-state index contributed by atoms with van der Waals surface area (Å²) < 4.78 is 4.50. The Balaban J connectivity index is 2.24. The molecule has 1 fully saturated rings. The molecule has 1 saturated heterocycles. The van der Waals surface area contributed by atoms with Crippen molar-refractivity contribution in [3.63, 3.8) is 0 Å². The first kappa shape index (κ1) is 13.3. The van der Waals surface area contributed by atoms with E-state index in [1.54, 1.807) is 6.92 Å². The van der Waals surface area contributed by atoms with Crippen molar-refractivity contribution in [3.05, 3.63) is 35.9 Å². The van der Waals surface area contributed by atoms with Gasteiger partial charge in [0.25, 0.3) is 0 Å². The van der Waals surface area contributed by atoms with Crippen LogP contribution in [-0.4, -0.2) is 30.3 Å². The summed E-state index contributed by atoms with van der Waals surface area (Å²) in [7, 11) is 1.16. The third kappa shape index (κ3) is 2.36. The Hall–Kier alpha value is -2.17. The average Bonchev–Trinajstić information content (AvgIpc) is 2.60. The molecule has 1 N–H and O–H groups in total. The van der Waals surface area contributed by atoms with E-state index in [0.717, 1.165) is 12.7 Å². The topological polar surface area (TPSA) is 72.5 Å². The molecular weight excluding hydrogens is 246 g/mol. The number of amides is 1. The van der Waals surface area contributed by atoms with Crippen LogP contribution in [0, 0.1) is 5.92 Å². The summed E-state index contributed by atoms with van der Waals surface area (Å²) in [5, 5.41) is 2.60. The Labute approximate surface area is 110 Å². The van der Waals surface area contributed by atoms with Crippen molar-refractivity contribution in [1.82, 2.24) is 5.32 Å². The van der Waals surface area contributed by atoms with E-state index >= 15 is 0 Å². The third-order valence-electron chi connectivity index (χ3n) is 3.30. The van der Waals surface area contributed by atoms with Crippen molar-refractivity contribution in [3.8, 4) is 0 Å². The zero-order valence-electron chi connectivity index (χ0n) is 10.8. The minimum absolute atomic E-state index is 0.353. The summed E-state index contributed by atoms with van der Waals surface area (Å²) in [6.07, 6.45) is 0.353. The van der Waals surface area contributed by atoms with Gasteiger partial charge in [-0.05, 0) is 12.5 Å². The molecule has 0 spiro atoms. The molecule has 1 heterocycles. The molecule has 1 aromatic rings. The number of ether oxygens (including phenoxy) is 1. The Morgan fingerprint density at radius 3 is 2.53 bits per heavy atom. The van der Waals surface area contributed by atoms with Crippen LogP contribution < -0.4 is 5.32 Å². The number of carbonyl (C=O) groups excluding carboxylic acids is 3. The second-order valence-corrected chi connectivity index (χ2v) is 4.80. The maximum atomic E-state index is 12.3. The minimum atomic E-state index is -1.35. The summed E-state index contributed by atoms with van der Waals surface area (Å²) >= 11 is 0. The summed E-state index contributed by atoms with van der Waals surface area (Å²) in [6, 6.07) is 9.33. The fourth-order valence-corrected chi connectivity index (χ4v) is 2.31. The maximum absolute atomic E-state index is 12.3. The van der Waals surface area contributed by atoms with Gasteiger partial charge in [0.05, 0.1) is 7.11 Å². The molecule has 100 valence electrons. The van der Waals surface area contributed by atoms with Crippen LogP contribution in [0.5, 0.6) is 0 Å². The van der Waals surface area contributed by atoms with E-state index < -0.39 is 29.1 Å². The van der Waals surface area contributed by atoms with Gasteiger partial charge in [0.15, 0.2) is 11.7 Å². The van der Waals surface area contributed by atoms with E-state index in [1.807, 2.05) is 30.3 Å². The van der Waals surface area contributed by atoms with Gasteiger partial charge in [-0.3, -0.25) is 14.4 Å². The monoisotopic (exact) mass is 261 g/mol. The molecule has 0 aliphatic carbocycles. The third-order valence-corrected chi connectivity index (χ3v) is 3.30. The second kappa shape index (κ2) is 4.84. The summed E-state index contributed by atoms with van der Waals surface area (Å²) in [5.74, 6) is -3.18. The maximum Gasteiger partial charge on any atom is 0.326 e. The van der Waals surface area contributed by atoms with Crippen molar-refractivity contribution in [2.75, 3.05) is 7.11 Å². The standard InChI is InChI=1S/C14H15NO4/c1-14(8-9-6-4-3-5-7-9)11(16)10(12(17)15-14)13(18)19-2/h3-7,10H,8H2,1-2H3,(H,15,17). The number of hydrogen-bond donors (Lipinski definition) is 1. The zero-order chi connectivity index (χ0) is 14.0. The Morgan fingerprint density at radius 2 is 1.95 bits per heavy atom. The van der Waals surface area contributed by atoms with Gasteiger partial charge in [-0.15, -0.1) is 0 Å². The molecule has 1 aliphatic heterocycles. The molecule has 5 heteroatoms. The smallest absolute Gasteiger partial charge is 0.326 e.